The maximum atomic E-state index is 13.0. The van der Waals surface area contributed by atoms with Gasteiger partial charge in [0.15, 0.2) is 11.6 Å². The number of hydrogen-bond donors (Lipinski definition) is 2. The van der Waals surface area contributed by atoms with E-state index in [4.69, 9.17) is 0 Å². The molecule has 0 saturated heterocycles. The molecule has 8 heteroatoms. The summed E-state index contributed by atoms with van der Waals surface area (Å²) in [6, 6.07) is 2.71. The molecule has 0 aliphatic heterocycles. The molecular formula is C14H15F2N5O. The van der Waals surface area contributed by atoms with Crippen LogP contribution < -0.4 is 10.6 Å². The average Bonchev–Trinajstić information content (AvgIpc) is 3.23. The largest absolute Gasteiger partial charge is 0.336 e. The van der Waals surface area contributed by atoms with E-state index in [9.17, 15) is 13.6 Å². The van der Waals surface area contributed by atoms with E-state index in [0.717, 1.165) is 30.8 Å². The summed E-state index contributed by atoms with van der Waals surface area (Å²) >= 11 is 0. The molecule has 2 amide bonds. The average molecular weight is 307 g/mol. The summed E-state index contributed by atoms with van der Waals surface area (Å²) in [5, 5.41) is 13.0. The maximum absolute atomic E-state index is 13.0. The van der Waals surface area contributed by atoms with Crippen molar-refractivity contribution in [2.75, 3.05) is 11.9 Å². The first-order chi connectivity index (χ1) is 10.6. The minimum atomic E-state index is -1.00. The molecule has 0 spiro atoms. The molecule has 1 heterocycles. The fraction of sp³-hybridized carbons (Fsp3) is 0.357. The second kappa shape index (κ2) is 6.08. The highest BCUT2D eigenvalue weighted by molar-refractivity contribution is 5.89. The molecular weight excluding hydrogens is 292 g/mol. The Bertz CT molecular complexity index is 684. The van der Waals surface area contributed by atoms with Gasteiger partial charge in [0.05, 0.1) is 0 Å². The molecule has 1 fully saturated rings. The van der Waals surface area contributed by atoms with Gasteiger partial charge < -0.3 is 15.2 Å². The highest BCUT2D eigenvalue weighted by atomic mass is 19.2. The Balaban J connectivity index is 1.47. The summed E-state index contributed by atoms with van der Waals surface area (Å²) < 4.78 is 27.7. The van der Waals surface area contributed by atoms with E-state index in [1.165, 1.54) is 6.07 Å². The summed E-state index contributed by atoms with van der Waals surface area (Å²) in [5.41, 5.74) is 0.194. The first-order valence-electron chi connectivity index (χ1n) is 7.01. The summed E-state index contributed by atoms with van der Waals surface area (Å²) in [4.78, 5) is 11.7. The van der Waals surface area contributed by atoms with E-state index >= 15 is 0 Å². The molecule has 6 nitrogen and oxygen atoms in total. The highest BCUT2D eigenvalue weighted by Crippen LogP contribution is 2.38. The summed E-state index contributed by atoms with van der Waals surface area (Å²) in [6.45, 7) is 0.942. The monoisotopic (exact) mass is 307 g/mol. The predicted octanol–water partition coefficient (Wildman–Crippen LogP) is 2.26. The lowest BCUT2D eigenvalue weighted by molar-refractivity contribution is 0.251. The Morgan fingerprint density at radius 1 is 1.32 bits per heavy atom. The van der Waals surface area contributed by atoms with Crippen LogP contribution in [0.25, 0.3) is 0 Å². The van der Waals surface area contributed by atoms with Crippen molar-refractivity contribution in [1.82, 2.24) is 20.1 Å². The number of rotatable bonds is 5. The van der Waals surface area contributed by atoms with Crippen LogP contribution in [0.5, 0.6) is 0 Å². The van der Waals surface area contributed by atoms with Crippen LogP contribution in [0.15, 0.2) is 24.5 Å². The van der Waals surface area contributed by atoms with Crippen LogP contribution in [-0.2, 0) is 6.54 Å². The topological polar surface area (TPSA) is 71.8 Å². The third-order valence-electron chi connectivity index (χ3n) is 3.40. The van der Waals surface area contributed by atoms with E-state index in [1.807, 2.05) is 4.57 Å². The van der Waals surface area contributed by atoms with Gasteiger partial charge in [-0.25, -0.2) is 13.6 Å². The molecule has 116 valence electrons. The summed E-state index contributed by atoms with van der Waals surface area (Å²) in [5.74, 6) is -0.524. The lowest BCUT2D eigenvalue weighted by Crippen LogP contribution is -2.31. The lowest BCUT2D eigenvalue weighted by Gasteiger charge is -2.09. The zero-order valence-corrected chi connectivity index (χ0v) is 11.7. The van der Waals surface area contributed by atoms with Crippen molar-refractivity contribution < 1.29 is 13.6 Å². The Kier molecular flexibility index (Phi) is 3.99. The van der Waals surface area contributed by atoms with Crippen LogP contribution in [0.1, 0.15) is 24.6 Å². The van der Waals surface area contributed by atoms with E-state index in [2.05, 4.69) is 20.8 Å². The van der Waals surface area contributed by atoms with Crippen molar-refractivity contribution in [2.24, 2.45) is 0 Å². The van der Waals surface area contributed by atoms with Crippen LogP contribution in [0.3, 0.4) is 0 Å². The third kappa shape index (κ3) is 3.38. The molecule has 3 rings (SSSR count). The molecule has 1 aromatic heterocycles. The van der Waals surface area contributed by atoms with Gasteiger partial charge in [-0.15, -0.1) is 10.2 Å². The molecule has 0 bridgehead atoms. The fourth-order valence-electron chi connectivity index (χ4n) is 2.13. The van der Waals surface area contributed by atoms with E-state index in [0.29, 0.717) is 19.0 Å². The van der Waals surface area contributed by atoms with E-state index in [-0.39, 0.29) is 5.69 Å². The molecule has 1 aliphatic carbocycles. The number of halogens is 2. The number of carbonyl (C=O) groups is 1. The summed E-state index contributed by atoms with van der Waals surface area (Å²) in [7, 11) is 0. The molecule has 1 saturated carbocycles. The van der Waals surface area contributed by atoms with Crippen molar-refractivity contribution in [3.8, 4) is 0 Å². The van der Waals surface area contributed by atoms with Gasteiger partial charge in [-0.2, -0.15) is 0 Å². The fourth-order valence-corrected chi connectivity index (χ4v) is 2.13. The number of aromatic nitrogens is 3. The van der Waals surface area contributed by atoms with Gasteiger partial charge in [0, 0.05) is 30.8 Å². The zero-order valence-electron chi connectivity index (χ0n) is 11.7. The van der Waals surface area contributed by atoms with Gasteiger partial charge in [0.1, 0.15) is 12.2 Å². The molecule has 0 unspecified atom stereocenters. The third-order valence-corrected chi connectivity index (χ3v) is 3.40. The minimum Gasteiger partial charge on any atom is -0.336 e. The van der Waals surface area contributed by atoms with Crippen LogP contribution in [-0.4, -0.2) is 27.3 Å². The van der Waals surface area contributed by atoms with Gasteiger partial charge in [-0.3, -0.25) is 0 Å². The highest BCUT2D eigenvalue weighted by Gasteiger charge is 2.28. The molecule has 0 atom stereocenters. The Morgan fingerprint density at radius 2 is 2.14 bits per heavy atom. The predicted molar refractivity (Wildman–Crippen MR) is 75.4 cm³/mol. The number of amides is 2. The van der Waals surface area contributed by atoms with Gasteiger partial charge in [0.2, 0.25) is 0 Å². The molecule has 0 radical (unpaired) electrons. The first kappa shape index (κ1) is 14.4. The van der Waals surface area contributed by atoms with Crippen LogP contribution in [0, 0.1) is 11.6 Å². The number of nitrogens with one attached hydrogen (secondary N) is 2. The first-order valence-corrected chi connectivity index (χ1v) is 7.01. The van der Waals surface area contributed by atoms with Gasteiger partial charge in [0.25, 0.3) is 0 Å². The van der Waals surface area contributed by atoms with Gasteiger partial charge in [-0.05, 0) is 25.0 Å². The van der Waals surface area contributed by atoms with Crippen molar-refractivity contribution in [3.63, 3.8) is 0 Å². The number of urea groups is 1. The van der Waals surface area contributed by atoms with Crippen molar-refractivity contribution in [3.05, 3.63) is 42.0 Å². The van der Waals surface area contributed by atoms with Crippen molar-refractivity contribution in [2.45, 2.75) is 25.3 Å². The molecule has 1 aliphatic rings. The number of nitrogens with zero attached hydrogens (tertiary/aromatic N) is 3. The molecule has 22 heavy (non-hydrogen) atoms. The number of benzene rings is 1. The molecule has 1 aromatic carbocycles. The molecule has 2 aromatic rings. The van der Waals surface area contributed by atoms with E-state index < -0.39 is 17.7 Å². The number of anilines is 1. The summed E-state index contributed by atoms with van der Waals surface area (Å²) in [6.07, 6.45) is 3.90. The lowest BCUT2D eigenvalue weighted by atomic mass is 10.3. The van der Waals surface area contributed by atoms with Crippen LogP contribution in [0.4, 0.5) is 19.3 Å². The smallest absolute Gasteiger partial charge is 0.319 e. The number of hydrogen-bond acceptors (Lipinski definition) is 3. The van der Waals surface area contributed by atoms with Crippen molar-refractivity contribution >= 4 is 11.7 Å². The van der Waals surface area contributed by atoms with E-state index in [1.54, 1.807) is 6.33 Å². The molecule has 2 N–H and O–H groups in total. The maximum Gasteiger partial charge on any atom is 0.319 e. The van der Waals surface area contributed by atoms with Gasteiger partial charge in [-0.1, -0.05) is 0 Å². The van der Waals surface area contributed by atoms with Crippen LogP contribution in [0.2, 0.25) is 0 Å². The number of carbonyl (C=O) groups excluding carboxylic acids is 1. The Hall–Kier alpha value is -2.51. The second-order valence-corrected chi connectivity index (χ2v) is 5.17. The minimum absolute atomic E-state index is 0.194. The second-order valence-electron chi connectivity index (χ2n) is 5.17. The zero-order chi connectivity index (χ0) is 15.5. The Labute approximate surface area is 125 Å². The van der Waals surface area contributed by atoms with Crippen LogP contribution >= 0.6 is 0 Å². The standard InChI is InChI=1S/C14H15F2N5O/c15-11-4-3-10(7-12(11)16)19-14(22)17-5-6-21-8-18-20-13(21)9-1-2-9/h3-4,7-9H,1-2,5-6H2,(H2,17,19,22). The SMILES string of the molecule is O=C(NCCn1cnnc1C1CC1)Nc1ccc(F)c(F)c1. The van der Waals surface area contributed by atoms with Crippen molar-refractivity contribution in [1.29, 1.82) is 0 Å². The quantitative estimate of drug-likeness (QED) is 0.890. The van der Waals surface area contributed by atoms with Gasteiger partial charge >= 0.3 is 6.03 Å². The normalized spacial score (nSPS) is 13.9. The Morgan fingerprint density at radius 3 is 2.86 bits per heavy atom.